The monoisotopic (exact) mass is 325 g/mol. The van der Waals surface area contributed by atoms with E-state index >= 15 is 0 Å². The Morgan fingerprint density at radius 1 is 1.37 bits per heavy atom. The molecule has 1 N–H and O–H groups in total. The van der Waals surface area contributed by atoms with Crippen LogP contribution in [0.5, 0.6) is 5.75 Å². The van der Waals surface area contributed by atoms with Gasteiger partial charge >= 0.3 is 0 Å². The van der Waals surface area contributed by atoms with Gasteiger partial charge in [0.2, 0.25) is 0 Å². The van der Waals surface area contributed by atoms with Crippen LogP contribution in [0.3, 0.4) is 0 Å². The summed E-state index contributed by atoms with van der Waals surface area (Å²) in [6.07, 6.45) is 2.49. The minimum absolute atomic E-state index is 0.00937. The molecule has 1 atom stereocenters. The number of rotatable bonds is 3. The first-order chi connectivity index (χ1) is 9.08. The molecule has 0 aromatic heterocycles. The highest BCUT2D eigenvalue weighted by Crippen LogP contribution is 2.31. The lowest BCUT2D eigenvalue weighted by molar-refractivity contribution is -0.127. The molecule has 1 aromatic rings. The van der Waals surface area contributed by atoms with Crippen LogP contribution in [-0.2, 0) is 4.79 Å². The molecule has 19 heavy (non-hydrogen) atoms. The van der Waals surface area contributed by atoms with Gasteiger partial charge in [-0.25, -0.2) is 0 Å². The zero-order valence-corrected chi connectivity index (χ0v) is 13.0. The minimum Gasteiger partial charge on any atom is -0.480 e. The number of carbonyl (C=O) groups excluding carboxylic acids is 1. The second kappa shape index (κ2) is 6.42. The predicted octanol–water partition coefficient (Wildman–Crippen LogP) is 3.62. The maximum absolute atomic E-state index is 11.9. The van der Waals surface area contributed by atoms with E-state index in [4.69, 9.17) is 4.74 Å². The lowest BCUT2D eigenvalue weighted by Crippen LogP contribution is -2.36. The van der Waals surface area contributed by atoms with Gasteiger partial charge in [0.15, 0.2) is 6.10 Å². The smallest absolute Gasteiger partial charge is 0.261 e. The van der Waals surface area contributed by atoms with E-state index in [9.17, 15) is 4.79 Å². The molecule has 1 aliphatic heterocycles. The quantitative estimate of drug-likeness (QED) is 0.921. The fourth-order valence-electron chi connectivity index (χ4n) is 2.25. The van der Waals surface area contributed by atoms with Gasteiger partial charge in [-0.15, -0.1) is 0 Å². The number of nitrogens with one attached hydrogen (secondary N) is 1. The van der Waals surface area contributed by atoms with Crippen molar-refractivity contribution >= 4 is 21.8 Å². The Hall–Kier alpha value is -1.03. The number of halogens is 1. The van der Waals surface area contributed by atoms with E-state index in [1.165, 1.54) is 0 Å². The molecular weight excluding hydrogens is 306 g/mol. The van der Waals surface area contributed by atoms with E-state index in [1.54, 1.807) is 0 Å². The summed E-state index contributed by atoms with van der Waals surface area (Å²) < 4.78 is 7.00. The van der Waals surface area contributed by atoms with Crippen LogP contribution >= 0.6 is 15.9 Å². The molecule has 1 aliphatic rings. The van der Waals surface area contributed by atoms with E-state index in [0.717, 1.165) is 41.6 Å². The molecule has 1 aromatic carbocycles. The van der Waals surface area contributed by atoms with Gasteiger partial charge in [0.1, 0.15) is 5.75 Å². The molecule has 0 bridgehead atoms. The van der Waals surface area contributed by atoms with Gasteiger partial charge in [-0.05, 0) is 48.9 Å². The third-order valence-corrected chi connectivity index (χ3v) is 3.84. The molecule has 2 rings (SSSR count). The first kappa shape index (κ1) is 14.4. The van der Waals surface area contributed by atoms with Gasteiger partial charge < -0.3 is 10.1 Å². The summed E-state index contributed by atoms with van der Waals surface area (Å²) in [6, 6.07) is 5.96. The molecule has 1 saturated heterocycles. The van der Waals surface area contributed by atoms with E-state index in [-0.39, 0.29) is 12.0 Å². The second-order valence-electron chi connectivity index (χ2n) is 5.23. The molecule has 0 radical (unpaired) electrons. The molecule has 0 aliphatic carbocycles. The fraction of sp³-hybridized carbons (Fsp3) is 0.533. The number of amides is 1. The van der Waals surface area contributed by atoms with E-state index in [2.05, 4.69) is 41.2 Å². The molecule has 104 valence electrons. The molecule has 0 spiro atoms. The number of benzene rings is 1. The van der Waals surface area contributed by atoms with Gasteiger partial charge in [0.05, 0.1) is 0 Å². The van der Waals surface area contributed by atoms with E-state index < -0.39 is 0 Å². The van der Waals surface area contributed by atoms with Crippen LogP contribution in [0.2, 0.25) is 0 Å². The van der Waals surface area contributed by atoms with Gasteiger partial charge in [0, 0.05) is 11.0 Å². The number of hydrogen-bond donors (Lipinski definition) is 1. The Balaban J connectivity index is 2.19. The van der Waals surface area contributed by atoms with Crippen LogP contribution in [0, 0.1) is 0 Å². The van der Waals surface area contributed by atoms with Crippen molar-refractivity contribution in [3.05, 3.63) is 28.2 Å². The molecule has 4 heteroatoms. The van der Waals surface area contributed by atoms with Crippen LogP contribution < -0.4 is 10.1 Å². The Bertz CT molecular complexity index is 459. The van der Waals surface area contributed by atoms with Crippen molar-refractivity contribution in [2.45, 2.75) is 45.1 Å². The first-order valence-electron chi connectivity index (χ1n) is 6.81. The summed E-state index contributed by atoms with van der Waals surface area (Å²) in [5.74, 6) is 1.19. The molecule has 1 amide bonds. The van der Waals surface area contributed by atoms with Crippen LogP contribution in [0.4, 0.5) is 0 Å². The Kier molecular flexibility index (Phi) is 4.86. The van der Waals surface area contributed by atoms with Gasteiger partial charge in [-0.2, -0.15) is 0 Å². The average Bonchev–Trinajstić information content (AvgIpc) is 2.57. The Labute approximate surface area is 122 Å². The van der Waals surface area contributed by atoms with Crippen LogP contribution in [-0.4, -0.2) is 18.6 Å². The normalized spacial score (nSPS) is 20.0. The van der Waals surface area contributed by atoms with Crippen molar-refractivity contribution in [1.82, 2.24) is 5.32 Å². The van der Waals surface area contributed by atoms with Crippen LogP contribution in [0.25, 0.3) is 0 Å². The second-order valence-corrected chi connectivity index (χ2v) is 6.15. The minimum atomic E-state index is -0.360. The molecular formula is C15H20BrNO2. The van der Waals surface area contributed by atoms with Gasteiger partial charge in [-0.1, -0.05) is 29.8 Å². The predicted molar refractivity (Wildman–Crippen MR) is 79.5 cm³/mol. The van der Waals surface area contributed by atoms with Crippen molar-refractivity contribution in [1.29, 1.82) is 0 Å². The molecule has 3 nitrogen and oxygen atoms in total. The summed E-state index contributed by atoms with van der Waals surface area (Å²) in [5.41, 5.74) is 1.13. The summed E-state index contributed by atoms with van der Waals surface area (Å²) in [4.78, 5) is 11.9. The highest BCUT2D eigenvalue weighted by Gasteiger charge is 2.23. The van der Waals surface area contributed by atoms with Gasteiger partial charge in [0.25, 0.3) is 5.91 Å². The van der Waals surface area contributed by atoms with Crippen molar-refractivity contribution in [3.63, 3.8) is 0 Å². The third-order valence-electron chi connectivity index (χ3n) is 3.35. The maximum atomic E-state index is 11.9. The number of ether oxygens (including phenoxy) is 1. The van der Waals surface area contributed by atoms with E-state index in [1.807, 2.05) is 12.1 Å². The van der Waals surface area contributed by atoms with Crippen molar-refractivity contribution in [2.75, 3.05) is 6.54 Å². The standard InChI is InChI=1S/C15H20BrNO2/c1-10(2)12-9-11(16)6-7-13(12)19-14-5-3-4-8-17-15(14)18/h6-7,9-10,14H,3-5,8H2,1-2H3,(H,17,18). The Morgan fingerprint density at radius 2 is 2.16 bits per heavy atom. The zero-order valence-electron chi connectivity index (χ0n) is 11.4. The lowest BCUT2D eigenvalue weighted by atomic mass is 10.0. The van der Waals surface area contributed by atoms with Crippen LogP contribution in [0.1, 0.15) is 44.6 Å². The summed E-state index contributed by atoms with van der Waals surface area (Å²) in [5, 5.41) is 2.90. The highest BCUT2D eigenvalue weighted by atomic mass is 79.9. The summed E-state index contributed by atoms with van der Waals surface area (Å²) in [6.45, 7) is 5.01. The molecule has 1 heterocycles. The summed E-state index contributed by atoms with van der Waals surface area (Å²) in [7, 11) is 0. The number of carbonyl (C=O) groups is 1. The zero-order chi connectivity index (χ0) is 13.8. The van der Waals surface area contributed by atoms with Crippen molar-refractivity contribution in [2.24, 2.45) is 0 Å². The van der Waals surface area contributed by atoms with Gasteiger partial charge in [-0.3, -0.25) is 4.79 Å². The highest BCUT2D eigenvalue weighted by molar-refractivity contribution is 9.10. The molecule has 1 unspecified atom stereocenters. The van der Waals surface area contributed by atoms with Crippen molar-refractivity contribution in [3.8, 4) is 5.75 Å². The number of hydrogen-bond acceptors (Lipinski definition) is 2. The summed E-state index contributed by atoms with van der Waals surface area (Å²) >= 11 is 3.48. The fourth-order valence-corrected chi connectivity index (χ4v) is 2.63. The topological polar surface area (TPSA) is 38.3 Å². The average molecular weight is 326 g/mol. The lowest BCUT2D eigenvalue weighted by Gasteiger charge is -2.20. The SMILES string of the molecule is CC(C)c1cc(Br)ccc1OC1CCCCNC1=O. The molecule has 0 saturated carbocycles. The van der Waals surface area contributed by atoms with Crippen molar-refractivity contribution < 1.29 is 9.53 Å². The van der Waals surface area contributed by atoms with Crippen LogP contribution in [0.15, 0.2) is 22.7 Å². The maximum Gasteiger partial charge on any atom is 0.261 e. The molecule has 1 fully saturated rings. The Morgan fingerprint density at radius 3 is 2.89 bits per heavy atom. The van der Waals surface area contributed by atoms with E-state index in [0.29, 0.717) is 5.92 Å². The third kappa shape index (κ3) is 3.72. The largest absolute Gasteiger partial charge is 0.480 e. The first-order valence-corrected chi connectivity index (χ1v) is 7.61.